The number of hydrogen-bond donors (Lipinski definition) is 1. The molecule has 25 heavy (non-hydrogen) atoms. The van der Waals surface area contributed by atoms with Crippen LogP contribution in [-0.2, 0) is 12.4 Å². The van der Waals surface area contributed by atoms with E-state index in [1.807, 2.05) is 0 Å². The second-order valence-electron chi connectivity index (χ2n) is 6.20. The van der Waals surface area contributed by atoms with Gasteiger partial charge in [-0.25, -0.2) is 0 Å². The van der Waals surface area contributed by atoms with Crippen LogP contribution in [-0.4, -0.2) is 6.54 Å². The number of alkyl halides is 6. The maximum absolute atomic E-state index is 12.8. The Morgan fingerprint density at radius 1 is 0.680 bits per heavy atom. The third-order valence-corrected chi connectivity index (χ3v) is 3.95. The Morgan fingerprint density at radius 3 is 1.56 bits per heavy atom. The van der Waals surface area contributed by atoms with E-state index in [0.29, 0.717) is 13.0 Å². The molecule has 1 N–H and O–H groups in total. The Kier molecular flexibility index (Phi) is 8.59. The molecular formula is C18H25F6N. The normalized spacial score (nSPS) is 12.4. The number of anilines is 1. The lowest BCUT2D eigenvalue weighted by Gasteiger charge is -2.15. The molecule has 0 aliphatic heterocycles. The lowest BCUT2D eigenvalue weighted by Crippen LogP contribution is -2.12. The number of rotatable bonds is 10. The Labute approximate surface area is 144 Å². The van der Waals surface area contributed by atoms with Crippen LogP contribution in [0.5, 0.6) is 0 Å². The van der Waals surface area contributed by atoms with Gasteiger partial charge < -0.3 is 5.32 Å². The Morgan fingerprint density at radius 2 is 1.12 bits per heavy atom. The molecule has 0 saturated carbocycles. The topological polar surface area (TPSA) is 12.0 Å². The number of halogens is 6. The fraction of sp³-hybridized carbons (Fsp3) is 0.667. The average Bonchev–Trinajstić information content (AvgIpc) is 2.51. The van der Waals surface area contributed by atoms with Crippen LogP contribution in [0, 0.1) is 0 Å². The largest absolute Gasteiger partial charge is 0.416 e. The molecule has 0 heterocycles. The van der Waals surface area contributed by atoms with Crippen molar-refractivity contribution in [3.8, 4) is 0 Å². The van der Waals surface area contributed by atoms with Crippen molar-refractivity contribution >= 4 is 5.69 Å². The summed E-state index contributed by atoms with van der Waals surface area (Å²) in [6.07, 6.45) is -1.08. The quantitative estimate of drug-likeness (QED) is 0.338. The molecule has 1 nitrogen and oxygen atoms in total. The van der Waals surface area contributed by atoms with Crippen molar-refractivity contribution in [2.24, 2.45) is 0 Å². The van der Waals surface area contributed by atoms with Crippen LogP contribution < -0.4 is 5.32 Å². The van der Waals surface area contributed by atoms with Crippen molar-refractivity contribution in [3.05, 3.63) is 29.3 Å². The van der Waals surface area contributed by atoms with Gasteiger partial charge in [0, 0.05) is 12.2 Å². The molecule has 0 radical (unpaired) electrons. The van der Waals surface area contributed by atoms with Crippen LogP contribution >= 0.6 is 0 Å². The Bertz CT molecular complexity index is 475. The molecule has 0 saturated heterocycles. The van der Waals surface area contributed by atoms with Gasteiger partial charge in [-0.1, -0.05) is 51.9 Å². The van der Waals surface area contributed by atoms with E-state index in [0.717, 1.165) is 31.4 Å². The molecule has 7 heteroatoms. The number of benzene rings is 1. The monoisotopic (exact) mass is 369 g/mol. The number of hydrogen-bond acceptors (Lipinski definition) is 1. The smallest absolute Gasteiger partial charge is 0.385 e. The van der Waals surface area contributed by atoms with Crippen molar-refractivity contribution in [1.82, 2.24) is 0 Å². The Hall–Kier alpha value is -1.40. The lowest BCUT2D eigenvalue weighted by molar-refractivity contribution is -0.143. The van der Waals surface area contributed by atoms with E-state index < -0.39 is 23.5 Å². The molecule has 0 atom stereocenters. The maximum Gasteiger partial charge on any atom is 0.416 e. The van der Waals surface area contributed by atoms with Gasteiger partial charge in [-0.2, -0.15) is 26.3 Å². The standard InChI is InChI=1S/C18H25F6N/c1-2-3-4-5-6-7-8-9-10-25-16-12-14(17(19,20)21)11-15(13-16)18(22,23)24/h11-13,25H,2-10H2,1H3. The van der Waals surface area contributed by atoms with Gasteiger partial charge in [0.25, 0.3) is 0 Å². The first-order valence-corrected chi connectivity index (χ1v) is 8.68. The van der Waals surface area contributed by atoms with Crippen molar-refractivity contribution in [2.45, 2.75) is 70.6 Å². The molecule has 0 aliphatic rings. The number of nitrogens with one attached hydrogen (secondary N) is 1. The van der Waals surface area contributed by atoms with E-state index in [4.69, 9.17) is 0 Å². The summed E-state index contributed by atoms with van der Waals surface area (Å²) in [5.74, 6) is 0. The zero-order chi connectivity index (χ0) is 18.9. The highest BCUT2D eigenvalue weighted by Gasteiger charge is 2.36. The summed E-state index contributed by atoms with van der Waals surface area (Å²) in [6, 6.07) is 1.58. The highest BCUT2D eigenvalue weighted by Crippen LogP contribution is 2.37. The maximum atomic E-state index is 12.8. The first-order valence-electron chi connectivity index (χ1n) is 8.68. The van der Waals surface area contributed by atoms with Crippen molar-refractivity contribution in [3.63, 3.8) is 0 Å². The molecule has 1 aromatic carbocycles. The van der Waals surface area contributed by atoms with Crippen LogP contribution in [0.2, 0.25) is 0 Å². The van der Waals surface area contributed by atoms with Crippen LogP contribution in [0.4, 0.5) is 32.0 Å². The summed E-state index contributed by atoms with van der Waals surface area (Å²) in [4.78, 5) is 0. The predicted octanol–water partition coefficient (Wildman–Crippen LogP) is 7.28. The van der Waals surface area contributed by atoms with Crippen molar-refractivity contribution in [1.29, 1.82) is 0 Å². The van der Waals surface area contributed by atoms with E-state index >= 15 is 0 Å². The molecular weight excluding hydrogens is 344 g/mol. The first-order chi connectivity index (χ1) is 11.6. The summed E-state index contributed by atoms with van der Waals surface area (Å²) >= 11 is 0. The summed E-state index contributed by atoms with van der Waals surface area (Å²) in [6.45, 7) is 2.50. The van der Waals surface area contributed by atoms with Gasteiger partial charge in [0.2, 0.25) is 0 Å². The van der Waals surface area contributed by atoms with Crippen molar-refractivity contribution < 1.29 is 26.3 Å². The number of unbranched alkanes of at least 4 members (excludes halogenated alkanes) is 7. The zero-order valence-electron chi connectivity index (χ0n) is 14.4. The molecule has 0 fully saturated rings. The van der Waals surface area contributed by atoms with E-state index in [1.54, 1.807) is 0 Å². The highest BCUT2D eigenvalue weighted by atomic mass is 19.4. The zero-order valence-corrected chi connectivity index (χ0v) is 14.4. The van der Waals surface area contributed by atoms with Crippen LogP contribution in [0.25, 0.3) is 0 Å². The summed E-state index contributed by atoms with van der Waals surface area (Å²) in [7, 11) is 0. The molecule has 1 aromatic rings. The van der Waals surface area contributed by atoms with Gasteiger partial charge in [0.1, 0.15) is 0 Å². The highest BCUT2D eigenvalue weighted by molar-refractivity contribution is 5.50. The molecule has 0 aromatic heterocycles. The van der Waals surface area contributed by atoms with Crippen LogP contribution in [0.15, 0.2) is 18.2 Å². The first kappa shape index (κ1) is 21.6. The van der Waals surface area contributed by atoms with E-state index in [2.05, 4.69) is 12.2 Å². The summed E-state index contributed by atoms with van der Waals surface area (Å²) in [5.41, 5.74) is -2.73. The summed E-state index contributed by atoms with van der Waals surface area (Å²) < 4.78 is 76.5. The van der Waals surface area contributed by atoms with Crippen LogP contribution in [0.3, 0.4) is 0 Å². The van der Waals surface area contributed by atoms with Gasteiger partial charge in [-0.15, -0.1) is 0 Å². The van der Waals surface area contributed by atoms with E-state index in [-0.39, 0.29) is 11.8 Å². The minimum absolute atomic E-state index is 0.140. The molecule has 1 rings (SSSR count). The second-order valence-corrected chi connectivity index (χ2v) is 6.20. The fourth-order valence-electron chi connectivity index (χ4n) is 2.55. The Balaban J connectivity index is 2.50. The molecule has 0 aliphatic carbocycles. The third kappa shape index (κ3) is 8.50. The fourth-order valence-corrected chi connectivity index (χ4v) is 2.55. The molecule has 0 amide bonds. The molecule has 0 spiro atoms. The molecule has 0 unspecified atom stereocenters. The summed E-state index contributed by atoms with van der Waals surface area (Å²) in [5, 5.41) is 2.68. The van der Waals surface area contributed by atoms with Gasteiger partial charge >= 0.3 is 12.4 Å². The van der Waals surface area contributed by atoms with Gasteiger partial charge in [-0.3, -0.25) is 0 Å². The second kappa shape index (κ2) is 9.92. The minimum Gasteiger partial charge on any atom is -0.385 e. The van der Waals surface area contributed by atoms with Gasteiger partial charge in [0.05, 0.1) is 11.1 Å². The van der Waals surface area contributed by atoms with E-state index in [1.165, 1.54) is 25.7 Å². The lowest BCUT2D eigenvalue weighted by atomic mass is 10.1. The SMILES string of the molecule is CCCCCCCCCCNc1cc(C(F)(F)F)cc(C(F)(F)F)c1. The van der Waals surface area contributed by atoms with Gasteiger partial charge in [-0.05, 0) is 24.6 Å². The minimum atomic E-state index is -4.81. The van der Waals surface area contributed by atoms with E-state index in [9.17, 15) is 26.3 Å². The van der Waals surface area contributed by atoms with Crippen LogP contribution in [0.1, 0.15) is 69.4 Å². The molecule has 144 valence electrons. The van der Waals surface area contributed by atoms with Crippen molar-refractivity contribution in [2.75, 3.05) is 11.9 Å². The average molecular weight is 369 g/mol. The molecule has 0 bridgehead atoms. The predicted molar refractivity (Wildman–Crippen MR) is 87.5 cm³/mol. The van der Waals surface area contributed by atoms with Gasteiger partial charge in [0.15, 0.2) is 0 Å². The third-order valence-electron chi connectivity index (χ3n) is 3.95.